The average Bonchev–Trinajstić information content (AvgIpc) is 2.88. The topological polar surface area (TPSA) is 56.0 Å². The van der Waals surface area contributed by atoms with Gasteiger partial charge < -0.3 is 15.5 Å². The Bertz CT molecular complexity index is 547. The van der Waals surface area contributed by atoms with Gasteiger partial charge in [-0.25, -0.2) is 0 Å². The monoisotopic (exact) mass is 277 g/mol. The molecule has 2 heterocycles. The molecule has 0 spiro atoms. The molecule has 0 saturated carbocycles. The number of H-pyrrole nitrogens is 1. The Morgan fingerprint density at radius 3 is 2.89 bits per heavy atom. The third-order valence-electron chi connectivity index (χ3n) is 3.16. The fourth-order valence-electron chi connectivity index (χ4n) is 2.22. The Kier molecular flexibility index (Phi) is 3.57. The summed E-state index contributed by atoms with van der Waals surface area (Å²) in [7, 11) is 0. The van der Waals surface area contributed by atoms with Crippen LogP contribution in [0.2, 0.25) is 5.02 Å². The van der Waals surface area contributed by atoms with Crippen molar-refractivity contribution in [3.05, 3.63) is 35.5 Å². The molecule has 1 aromatic carbocycles. The highest BCUT2D eigenvalue weighted by molar-refractivity contribution is 6.30. The molecule has 0 unspecified atom stereocenters. The number of anilines is 3. The van der Waals surface area contributed by atoms with Crippen LogP contribution in [0.4, 0.5) is 17.2 Å². The highest BCUT2D eigenvalue weighted by Gasteiger charge is 2.16. The molecular formula is C13H16ClN5. The van der Waals surface area contributed by atoms with Crippen LogP contribution < -0.4 is 15.5 Å². The molecule has 1 fully saturated rings. The minimum absolute atomic E-state index is 0.720. The highest BCUT2D eigenvalue weighted by atomic mass is 35.5. The summed E-state index contributed by atoms with van der Waals surface area (Å²) in [6, 6.07) is 7.67. The van der Waals surface area contributed by atoms with Gasteiger partial charge in [0.2, 0.25) is 0 Å². The minimum Gasteiger partial charge on any atom is -0.353 e. The standard InChI is InChI=1S/C13H16ClN5/c14-10-2-1-3-11(8-10)17-12-9-16-18-13(12)19-6-4-15-5-7-19/h1-3,8-9,15,17H,4-7H2,(H,16,18). The molecule has 1 aromatic heterocycles. The van der Waals surface area contributed by atoms with E-state index in [0.29, 0.717) is 0 Å². The summed E-state index contributed by atoms with van der Waals surface area (Å²) in [4.78, 5) is 2.29. The van der Waals surface area contributed by atoms with Gasteiger partial charge in [0.1, 0.15) is 11.5 Å². The zero-order valence-corrected chi connectivity index (χ0v) is 11.2. The molecule has 1 saturated heterocycles. The van der Waals surface area contributed by atoms with Gasteiger partial charge in [-0.3, -0.25) is 5.10 Å². The van der Waals surface area contributed by atoms with Crippen molar-refractivity contribution in [2.75, 3.05) is 36.4 Å². The van der Waals surface area contributed by atoms with Gasteiger partial charge in [-0.15, -0.1) is 0 Å². The Morgan fingerprint density at radius 1 is 1.26 bits per heavy atom. The quantitative estimate of drug-likeness (QED) is 0.805. The fraction of sp³-hybridized carbons (Fsp3) is 0.308. The van der Waals surface area contributed by atoms with Gasteiger partial charge in [0.15, 0.2) is 0 Å². The van der Waals surface area contributed by atoms with Crippen LogP contribution in [-0.2, 0) is 0 Å². The van der Waals surface area contributed by atoms with Gasteiger partial charge in [-0.05, 0) is 18.2 Å². The smallest absolute Gasteiger partial charge is 0.148 e. The predicted octanol–water partition coefficient (Wildman–Crippen LogP) is 2.22. The molecule has 1 aliphatic heterocycles. The number of rotatable bonds is 3. The van der Waals surface area contributed by atoms with E-state index in [9.17, 15) is 0 Å². The minimum atomic E-state index is 0.720. The lowest BCUT2D eigenvalue weighted by molar-refractivity contribution is 0.585. The lowest BCUT2D eigenvalue weighted by Crippen LogP contribution is -2.43. The first-order valence-electron chi connectivity index (χ1n) is 6.34. The number of aromatic amines is 1. The van der Waals surface area contributed by atoms with Crippen molar-refractivity contribution in [1.29, 1.82) is 0 Å². The van der Waals surface area contributed by atoms with Crippen LogP contribution in [0.25, 0.3) is 0 Å². The maximum absolute atomic E-state index is 5.99. The molecular weight excluding hydrogens is 262 g/mol. The Hall–Kier alpha value is -1.72. The van der Waals surface area contributed by atoms with E-state index in [1.165, 1.54) is 0 Å². The number of benzene rings is 1. The molecule has 5 nitrogen and oxygen atoms in total. The van der Waals surface area contributed by atoms with Crippen LogP contribution in [0, 0.1) is 0 Å². The summed E-state index contributed by atoms with van der Waals surface area (Å²) in [5.41, 5.74) is 1.94. The molecule has 0 atom stereocenters. The molecule has 0 bridgehead atoms. The molecule has 1 aliphatic rings. The van der Waals surface area contributed by atoms with Crippen LogP contribution in [-0.4, -0.2) is 36.4 Å². The van der Waals surface area contributed by atoms with Crippen molar-refractivity contribution in [3.63, 3.8) is 0 Å². The van der Waals surface area contributed by atoms with Crippen molar-refractivity contribution in [2.24, 2.45) is 0 Å². The second kappa shape index (κ2) is 5.50. The Morgan fingerprint density at radius 2 is 2.11 bits per heavy atom. The summed E-state index contributed by atoms with van der Waals surface area (Å²) in [6.45, 7) is 3.95. The van der Waals surface area contributed by atoms with Gasteiger partial charge in [0.25, 0.3) is 0 Å². The van der Waals surface area contributed by atoms with E-state index < -0.39 is 0 Å². The van der Waals surface area contributed by atoms with E-state index in [0.717, 1.165) is 48.4 Å². The van der Waals surface area contributed by atoms with Gasteiger partial charge in [-0.1, -0.05) is 17.7 Å². The number of nitrogens with one attached hydrogen (secondary N) is 3. The predicted molar refractivity (Wildman–Crippen MR) is 78.4 cm³/mol. The van der Waals surface area contributed by atoms with E-state index in [2.05, 4.69) is 25.7 Å². The summed E-state index contributed by atoms with van der Waals surface area (Å²) in [5.74, 6) is 1.03. The van der Waals surface area contributed by atoms with E-state index in [1.807, 2.05) is 24.3 Å². The SMILES string of the molecule is Clc1cccc(Nc2cn[nH]c2N2CCNCC2)c1. The van der Waals surface area contributed by atoms with Crippen molar-refractivity contribution in [1.82, 2.24) is 15.5 Å². The van der Waals surface area contributed by atoms with Gasteiger partial charge in [0, 0.05) is 36.9 Å². The molecule has 0 aliphatic carbocycles. The zero-order chi connectivity index (χ0) is 13.1. The van der Waals surface area contributed by atoms with Crippen molar-refractivity contribution >= 4 is 28.8 Å². The molecule has 2 aromatic rings. The molecule has 6 heteroatoms. The number of hydrogen-bond donors (Lipinski definition) is 3. The lowest BCUT2D eigenvalue weighted by atomic mass is 10.3. The van der Waals surface area contributed by atoms with E-state index in [-0.39, 0.29) is 0 Å². The fourth-order valence-corrected chi connectivity index (χ4v) is 2.41. The van der Waals surface area contributed by atoms with Crippen molar-refractivity contribution in [2.45, 2.75) is 0 Å². The lowest BCUT2D eigenvalue weighted by Gasteiger charge is -2.28. The molecule has 0 amide bonds. The second-order valence-electron chi connectivity index (χ2n) is 4.50. The summed E-state index contributed by atoms with van der Waals surface area (Å²) in [6.07, 6.45) is 1.80. The molecule has 3 N–H and O–H groups in total. The molecule has 3 rings (SSSR count). The largest absolute Gasteiger partial charge is 0.353 e. The average molecular weight is 278 g/mol. The van der Waals surface area contributed by atoms with E-state index in [1.54, 1.807) is 6.20 Å². The highest BCUT2D eigenvalue weighted by Crippen LogP contribution is 2.27. The van der Waals surface area contributed by atoms with Crippen LogP contribution in [0.5, 0.6) is 0 Å². The summed E-state index contributed by atoms with van der Waals surface area (Å²) >= 11 is 5.99. The Labute approximate surface area is 117 Å². The molecule has 19 heavy (non-hydrogen) atoms. The molecule has 100 valence electrons. The number of aromatic nitrogens is 2. The third-order valence-corrected chi connectivity index (χ3v) is 3.39. The van der Waals surface area contributed by atoms with E-state index in [4.69, 9.17) is 11.6 Å². The molecule has 0 radical (unpaired) electrons. The van der Waals surface area contributed by atoms with E-state index >= 15 is 0 Å². The maximum atomic E-state index is 5.99. The van der Waals surface area contributed by atoms with Crippen LogP contribution >= 0.6 is 11.6 Å². The first-order valence-corrected chi connectivity index (χ1v) is 6.72. The number of hydrogen-bond acceptors (Lipinski definition) is 4. The van der Waals surface area contributed by atoms with Gasteiger partial charge in [0.05, 0.1) is 6.20 Å². The summed E-state index contributed by atoms with van der Waals surface area (Å²) in [5, 5.41) is 14.6. The zero-order valence-electron chi connectivity index (χ0n) is 10.5. The number of nitrogens with zero attached hydrogens (tertiary/aromatic N) is 2. The third kappa shape index (κ3) is 2.83. The maximum Gasteiger partial charge on any atom is 0.148 e. The van der Waals surface area contributed by atoms with Crippen LogP contribution in [0.3, 0.4) is 0 Å². The van der Waals surface area contributed by atoms with Crippen LogP contribution in [0.1, 0.15) is 0 Å². The first-order chi connectivity index (χ1) is 9.33. The van der Waals surface area contributed by atoms with Gasteiger partial charge in [-0.2, -0.15) is 5.10 Å². The van der Waals surface area contributed by atoms with Crippen molar-refractivity contribution in [3.8, 4) is 0 Å². The number of piperazine rings is 1. The van der Waals surface area contributed by atoms with Gasteiger partial charge >= 0.3 is 0 Å². The van der Waals surface area contributed by atoms with Crippen LogP contribution in [0.15, 0.2) is 30.5 Å². The first kappa shape index (κ1) is 12.3. The Balaban J connectivity index is 1.80. The summed E-state index contributed by atoms with van der Waals surface area (Å²) < 4.78 is 0. The number of halogens is 1. The van der Waals surface area contributed by atoms with Crippen molar-refractivity contribution < 1.29 is 0 Å². The normalized spacial score (nSPS) is 15.5. The second-order valence-corrected chi connectivity index (χ2v) is 4.94.